The summed E-state index contributed by atoms with van der Waals surface area (Å²) in [5.41, 5.74) is 2.67. The Balaban J connectivity index is 1.30. The van der Waals surface area contributed by atoms with Crippen molar-refractivity contribution in [3.8, 4) is 0 Å². The third kappa shape index (κ3) is 5.78. The molecule has 1 saturated heterocycles. The van der Waals surface area contributed by atoms with Crippen LogP contribution in [0.5, 0.6) is 0 Å². The van der Waals surface area contributed by atoms with Gasteiger partial charge in [-0.05, 0) is 55.7 Å². The predicted octanol–water partition coefficient (Wildman–Crippen LogP) is 5.21. The molecule has 0 saturated carbocycles. The first-order chi connectivity index (χ1) is 17.8. The van der Waals surface area contributed by atoms with Crippen LogP contribution in [0.4, 0.5) is 4.79 Å². The Morgan fingerprint density at radius 1 is 1.14 bits per heavy atom. The number of urea groups is 1. The minimum absolute atomic E-state index is 0.0833. The highest BCUT2D eigenvalue weighted by molar-refractivity contribution is 6.07. The number of aryl methyl sites for hydroxylation is 1. The lowest BCUT2D eigenvalue weighted by Crippen LogP contribution is -2.46. The average Bonchev–Trinajstić information content (AvgIpc) is 3.56. The van der Waals surface area contributed by atoms with Crippen LogP contribution < -0.4 is 5.32 Å². The van der Waals surface area contributed by atoms with Gasteiger partial charge in [-0.15, -0.1) is 0 Å². The molecule has 7 nitrogen and oxygen atoms in total. The Morgan fingerprint density at radius 2 is 2.06 bits per heavy atom. The highest BCUT2D eigenvalue weighted by atomic mass is 16.5. The van der Waals surface area contributed by atoms with Crippen LogP contribution in [-0.2, 0) is 11.3 Å². The van der Waals surface area contributed by atoms with Crippen LogP contribution >= 0.6 is 0 Å². The second-order valence-electron chi connectivity index (χ2n) is 9.55. The molecule has 5 rings (SSSR count). The summed E-state index contributed by atoms with van der Waals surface area (Å²) < 4.78 is 8.02. The maximum atomic E-state index is 13.0. The number of hydrogen-bond acceptors (Lipinski definition) is 4. The maximum Gasteiger partial charge on any atom is 0.323 e. The smallest absolute Gasteiger partial charge is 0.323 e. The van der Waals surface area contributed by atoms with Gasteiger partial charge in [-0.2, -0.15) is 0 Å². The number of ether oxygens (including phenoxy) is 1. The number of nitrogens with zero attached hydrogens (tertiary/aromatic N) is 4. The fourth-order valence-electron chi connectivity index (χ4n) is 5.33. The van der Waals surface area contributed by atoms with E-state index in [-0.39, 0.29) is 18.2 Å². The Hall–Kier alpha value is -3.61. The first-order valence-electron chi connectivity index (χ1n) is 13.1. The van der Waals surface area contributed by atoms with Crippen molar-refractivity contribution in [3.05, 3.63) is 90.8 Å². The maximum absolute atomic E-state index is 13.0. The van der Waals surface area contributed by atoms with Crippen molar-refractivity contribution in [2.45, 2.75) is 63.1 Å². The summed E-state index contributed by atoms with van der Waals surface area (Å²) in [5.74, 6) is 1.03. The van der Waals surface area contributed by atoms with Gasteiger partial charge in [0.1, 0.15) is 18.0 Å². The van der Waals surface area contributed by atoms with E-state index in [1.54, 1.807) is 12.5 Å². The molecule has 188 valence electrons. The number of imidazole rings is 1. The Morgan fingerprint density at radius 3 is 2.81 bits per heavy atom. The van der Waals surface area contributed by atoms with Crippen LogP contribution in [0.3, 0.4) is 0 Å². The van der Waals surface area contributed by atoms with Crippen molar-refractivity contribution in [1.29, 1.82) is 0 Å². The van der Waals surface area contributed by atoms with E-state index >= 15 is 0 Å². The number of benzene rings is 1. The molecule has 0 spiro atoms. The van der Waals surface area contributed by atoms with Gasteiger partial charge in [0, 0.05) is 37.9 Å². The normalized spacial score (nSPS) is 23.4. The van der Waals surface area contributed by atoms with Gasteiger partial charge >= 0.3 is 6.03 Å². The Bertz CT molecular complexity index is 1120. The molecule has 0 bridgehead atoms. The lowest BCUT2D eigenvalue weighted by atomic mass is 9.85. The van der Waals surface area contributed by atoms with Gasteiger partial charge in [-0.3, -0.25) is 10.3 Å². The van der Waals surface area contributed by atoms with Gasteiger partial charge in [-0.25, -0.2) is 9.78 Å². The van der Waals surface area contributed by atoms with E-state index in [4.69, 9.17) is 9.73 Å². The van der Waals surface area contributed by atoms with Gasteiger partial charge in [0.15, 0.2) is 0 Å². The summed E-state index contributed by atoms with van der Waals surface area (Å²) in [5, 5.41) is 3.07. The van der Waals surface area contributed by atoms with Crippen molar-refractivity contribution in [2.24, 2.45) is 4.99 Å². The van der Waals surface area contributed by atoms with Crippen LogP contribution in [0, 0.1) is 0 Å². The summed E-state index contributed by atoms with van der Waals surface area (Å²) in [6, 6.07) is 10.4. The molecule has 1 aromatic heterocycles. The van der Waals surface area contributed by atoms with Gasteiger partial charge in [0.05, 0.1) is 12.6 Å². The van der Waals surface area contributed by atoms with Crippen molar-refractivity contribution >= 4 is 11.9 Å². The number of carbonyl (C=O) groups excluding carboxylic acids is 1. The Labute approximate surface area is 213 Å². The van der Waals surface area contributed by atoms with Crippen LogP contribution in [0.15, 0.2) is 90.2 Å². The van der Waals surface area contributed by atoms with Gasteiger partial charge in [0.2, 0.25) is 0 Å². The van der Waals surface area contributed by atoms with E-state index in [9.17, 15) is 4.79 Å². The molecule has 3 atom stereocenters. The standard InChI is InChI=1S/C29H35N5O2/c35-29-32-28(31-16-15-25(23-10-3-1-4-11-23)24-12-5-2-6-13-24)27(26-14-7-8-21-36-26)34(29)19-9-18-33-20-17-30-22-33/h1,3-5,8,10-13,17,20-22,25-27H,2,6-7,9,14-16,18-19H2,(H,31,32,35). The number of allylic oxidation sites excluding steroid dienone is 5. The highest BCUT2D eigenvalue weighted by Crippen LogP contribution is 2.31. The number of rotatable bonds is 10. The largest absolute Gasteiger partial charge is 0.496 e. The van der Waals surface area contributed by atoms with Gasteiger partial charge in [0.25, 0.3) is 0 Å². The lowest BCUT2D eigenvalue weighted by molar-refractivity contribution is 0.0729. The summed E-state index contributed by atoms with van der Waals surface area (Å²) >= 11 is 0. The molecule has 0 radical (unpaired) electrons. The molecule has 3 heterocycles. The van der Waals surface area contributed by atoms with Crippen molar-refractivity contribution < 1.29 is 9.53 Å². The number of aliphatic imine (C=N–C) groups is 1. The zero-order chi connectivity index (χ0) is 24.6. The first-order valence-corrected chi connectivity index (χ1v) is 13.1. The fourth-order valence-corrected chi connectivity index (χ4v) is 5.33. The molecular weight excluding hydrogens is 450 g/mol. The third-order valence-electron chi connectivity index (χ3n) is 7.13. The fraction of sp³-hybridized carbons (Fsp3) is 0.414. The molecule has 2 aliphatic heterocycles. The number of nitrogens with one attached hydrogen (secondary N) is 1. The second-order valence-corrected chi connectivity index (χ2v) is 9.55. The average molecular weight is 486 g/mol. The van der Waals surface area contributed by atoms with E-state index in [0.29, 0.717) is 19.0 Å². The number of aromatic nitrogens is 2. The molecular formula is C29H35N5O2. The highest BCUT2D eigenvalue weighted by Gasteiger charge is 2.42. The predicted molar refractivity (Wildman–Crippen MR) is 142 cm³/mol. The lowest BCUT2D eigenvalue weighted by Gasteiger charge is -2.31. The minimum atomic E-state index is -0.186. The van der Waals surface area contributed by atoms with E-state index in [1.807, 2.05) is 28.1 Å². The number of hydrogen-bond donors (Lipinski definition) is 1. The van der Waals surface area contributed by atoms with Crippen LogP contribution in [-0.4, -0.2) is 51.6 Å². The van der Waals surface area contributed by atoms with Crippen molar-refractivity contribution in [3.63, 3.8) is 0 Å². The van der Waals surface area contributed by atoms with Crippen LogP contribution in [0.25, 0.3) is 0 Å². The van der Waals surface area contributed by atoms with Crippen molar-refractivity contribution in [1.82, 2.24) is 19.8 Å². The van der Waals surface area contributed by atoms with E-state index in [1.165, 1.54) is 11.1 Å². The van der Waals surface area contributed by atoms with Crippen LogP contribution in [0.2, 0.25) is 0 Å². The number of carbonyl (C=O) groups is 1. The van der Waals surface area contributed by atoms with E-state index in [0.717, 1.165) is 50.9 Å². The molecule has 7 heteroatoms. The third-order valence-corrected chi connectivity index (χ3v) is 7.13. The van der Waals surface area contributed by atoms with E-state index < -0.39 is 0 Å². The molecule has 1 N–H and O–H groups in total. The minimum Gasteiger partial charge on any atom is -0.496 e. The van der Waals surface area contributed by atoms with Crippen LogP contribution in [0.1, 0.15) is 50.0 Å². The summed E-state index contributed by atoms with van der Waals surface area (Å²) in [7, 11) is 0. The number of amides is 2. The summed E-state index contributed by atoms with van der Waals surface area (Å²) in [6.07, 6.45) is 21.9. The topological polar surface area (TPSA) is 71.8 Å². The van der Waals surface area contributed by atoms with Crippen molar-refractivity contribution in [2.75, 3.05) is 13.1 Å². The monoisotopic (exact) mass is 485 g/mol. The SMILES string of the molecule is O=C1NC(=NCCC(C2=CCCC=C2)c2ccccc2)C(C2CCC=CO2)N1CCCn1ccnc1. The molecule has 3 aliphatic rings. The molecule has 2 aromatic rings. The van der Waals surface area contributed by atoms with Gasteiger partial charge in [-0.1, -0.05) is 48.6 Å². The molecule has 1 aliphatic carbocycles. The first kappa shape index (κ1) is 24.1. The second kappa shape index (κ2) is 11.9. The summed E-state index contributed by atoms with van der Waals surface area (Å²) in [6.45, 7) is 2.10. The van der Waals surface area contributed by atoms with E-state index in [2.05, 4.69) is 58.9 Å². The van der Waals surface area contributed by atoms with Gasteiger partial charge < -0.3 is 14.2 Å². The molecule has 1 fully saturated rings. The summed E-state index contributed by atoms with van der Waals surface area (Å²) in [4.78, 5) is 24.0. The zero-order valence-corrected chi connectivity index (χ0v) is 20.7. The number of amidine groups is 1. The Kier molecular flexibility index (Phi) is 7.96. The quantitative estimate of drug-likeness (QED) is 0.502. The molecule has 3 unspecified atom stereocenters. The molecule has 1 aromatic carbocycles. The zero-order valence-electron chi connectivity index (χ0n) is 20.7. The molecule has 36 heavy (non-hydrogen) atoms. The molecule has 2 amide bonds.